The van der Waals surface area contributed by atoms with Crippen molar-refractivity contribution in [2.45, 2.75) is 6.54 Å². The summed E-state index contributed by atoms with van der Waals surface area (Å²) in [6, 6.07) is 13.5. The number of carbonyl (C=O) groups excluding carboxylic acids is 2. The second-order valence-electron chi connectivity index (χ2n) is 5.94. The molecule has 3 N–H and O–H groups in total. The smallest absolute Gasteiger partial charge is 0.341 e. The van der Waals surface area contributed by atoms with Crippen LogP contribution < -0.4 is 20.3 Å². The summed E-state index contributed by atoms with van der Waals surface area (Å²) in [5.41, 5.74) is 2.01. The van der Waals surface area contributed by atoms with Gasteiger partial charge >= 0.3 is 12.0 Å². The van der Waals surface area contributed by atoms with E-state index in [1.165, 1.54) is 0 Å². The van der Waals surface area contributed by atoms with E-state index in [1.54, 1.807) is 47.4 Å². The van der Waals surface area contributed by atoms with Crippen molar-refractivity contribution >= 4 is 23.6 Å². The van der Waals surface area contributed by atoms with Gasteiger partial charge in [-0.2, -0.15) is 0 Å². The molecule has 0 radical (unpaired) electrons. The number of nitrogens with zero attached hydrogens (tertiary/aromatic N) is 1. The van der Waals surface area contributed by atoms with Crippen LogP contribution in [0.3, 0.4) is 0 Å². The maximum atomic E-state index is 12.3. The summed E-state index contributed by atoms with van der Waals surface area (Å²) in [5.74, 6) is -0.870. The molecule has 0 atom stereocenters. The highest BCUT2D eigenvalue weighted by molar-refractivity contribution is 5.97. The third-order valence-corrected chi connectivity index (χ3v) is 4.01. The van der Waals surface area contributed by atoms with Gasteiger partial charge in [0.1, 0.15) is 5.75 Å². The molecule has 0 bridgehead atoms. The standard InChI is InChI=1S/C19H19N3O5/c23-17(24)12-27-16-3-1-2-13(10-16)11-21-18(25)14-4-6-15(7-5-14)22-9-8-20-19(22)26/h1-7,10H,8-9,11-12H2,(H,20,26)(H,21,25)(H,23,24). The Morgan fingerprint density at radius 2 is 1.96 bits per heavy atom. The highest BCUT2D eigenvalue weighted by Crippen LogP contribution is 2.17. The molecule has 1 heterocycles. The molecule has 0 aromatic heterocycles. The average molecular weight is 369 g/mol. The zero-order valence-corrected chi connectivity index (χ0v) is 14.5. The topological polar surface area (TPSA) is 108 Å². The van der Waals surface area contributed by atoms with Crippen molar-refractivity contribution in [3.8, 4) is 5.75 Å². The van der Waals surface area contributed by atoms with Crippen LogP contribution in [0.25, 0.3) is 0 Å². The largest absolute Gasteiger partial charge is 0.482 e. The van der Waals surface area contributed by atoms with Gasteiger partial charge in [0.2, 0.25) is 0 Å². The first kappa shape index (κ1) is 18.2. The number of benzene rings is 2. The lowest BCUT2D eigenvalue weighted by atomic mass is 10.1. The molecule has 8 nitrogen and oxygen atoms in total. The molecule has 2 aromatic rings. The van der Waals surface area contributed by atoms with Gasteiger partial charge in [-0.25, -0.2) is 9.59 Å². The summed E-state index contributed by atoms with van der Waals surface area (Å²) in [5, 5.41) is 14.2. The van der Waals surface area contributed by atoms with Crippen molar-refractivity contribution in [3.05, 3.63) is 59.7 Å². The lowest BCUT2D eigenvalue weighted by molar-refractivity contribution is -0.139. The van der Waals surface area contributed by atoms with Crippen LogP contribution in [0.15, 0.2) is 48.5 Å². The maximum Gasteiger partial charge on any atom is 0.341 e. The number of hydrogen-bond donors (Lipinski definition) is 3. The summed E-state index contributed by atoms with van der Waals surface area (Å²) in [6.07, 6.45) is 0. The van der Waals surface area contributed by atoms with Crippen LogP contribution >= 0.6 is 0 Å². The van der Waals surface area contributed by atoms with Crippen molar-refractivity contribution in [1.29, 1.82) is 0 Å². The Kier molecular flexibility index (Phi) is 5.55. The second kappa shape index (κ2) is 8.22. The van der Waals surface area contributed by atoms with Gasteiger partial charge in [-0.15, -0.1) is 0 Å². The van der Waals surface area contributed by atoms with Gasteiger partial charge < -0.3 is 20.5 Å². The number of urea groups is 1. The van der Waals surface area contributed by atoms with Crippen molar-refractivity contribution < 1.29 is 24.2 Å². The van der Waals surface area contributed by atoms with E-state index in [0.717, 1.165) is 11.3 Å². The molecule has 140 valence electrons. The molecule has 1 saturated heterocycles. The van der Waals surface area contributed by atoms with E-state index in [1.807, 2.05) is 6.07 Å². The van der Waals surface area contributed by atoms with E-state index in [2.05, 4.69) is 10.6 Å². The lowest BCUT2D eigenvalue weighted by Gasteiger charge is -2.14. The minimum atomic E-state index is -1.05. The van der Waals surface area contributed by atoms with Crippen molar-refractivity contribution in [1.82, 2.24) is 10.6 Å². The summed E-state index contributed by atoms with van der Waals surface area (Å²) < 4.78 is 5.12. The molecule has 0 unspecified atom stereocenters. The Bertz CT molecular complexity index is 851. The summed E-state index contributed by atoms with van der Waals surface area (Å²) in [7, 11) is 0. The third-order valence-electron chi connectivity index (χ3n) is 4.01. The molecule has 3 amide bonds. The average Bonchev–Trinajstić information content (AvgIpc) is 3.11. The van der Waals surface area contributed by atoms with E-state index in [4.69, 9.17) is 9.84 Å². The normalized spacial score (nSPS) is 13.2. The minimum Gasteiger partial charge on any atom is -0.482 e. The molecule has 1 aliphatic rings. The molecule has 0 spiro atoms. The van der Waals surface area contributed by atoms with Crippen molar-refractivity contribution in [3.63, 3.8) is 0 Å². The number of ether oxygens (including phenoxy) is 1. The van der Waals surface area contributed by atoms with Gasteiger partial charge in [0, 0.05) is 30.9 Å². The highest BCUT2D eigenvalue weighted by atomic mass is 16.5. The Hall–Kier alpha value is -3.55. The van der Waals surface area contributed by atoms with Crippen molar-refractivity contribution in [2.75, 3.05) is 24.6 Å². The minimum absolute atomic E-state index is 0.141. The lowest BCUT2D eigenvalue weighted by Crippen LogP contribution is -2.28. The van der Waals surface area contributed by atoms with Gasteiger partial charge in [0.05, 0.1) is 0 Å². The zero-order chi connectivity index (χ0) is 19.2. The fourth-order valence-corrected chi connectivity index (χ4v) is 2.69. The number of carboxylic acid groups (broad SMARTS) is 1. The number of rotatable bonds is 7. The molecule has 2 aromatic carbocycles. The van der Waals surface area contributed by atoms with E-state index in [-0.39, 0.29) is 18.5 Å². The Morgan fingerprint density at radius 3 is 2.63 bits per heavy atom. The molecule has 1 aliphatic heterocycles. The van der Waals surface area contributed by atoms with E-state index in [0.29, 0.717) is 24.4 Å². The number of nitrogens with one attached hydrogen (secondary N) is 2. The van der Waals surface area contributed by atoms with Crippen molar-refractivity contribution in [2.24, 2.45) is 0 Å². The quantitative estimate of drug-likeness (QED) is 0.687. The van der Waals surface area contributed by atoms with E-state index >= 15 is 0 Å². The molecular formula is C19H19N3O5. The van der Waals surface area contributed by atoms with Gasteiger partial charge in [-0.3, -0.25) is 9.69 Å². The SMILES string of the molecule is O=C(O)COc1cccc(CNC(=O)c2ccc(N3CCNC3=O)cc2)c1. The van der Waals surface area contributed by atoms with Crippen LogP contribution in [0.1, 0.15) is 15.9 Å². The van der Waals surface area contributed by atoms with Gasteiger partial charge in [-0.1, -0.05) is 12.1 Å². The summed E-state index contributed by atoms with van der Waals surface area (Å²) in [4.78, 5) is 36.1. The summed E-state index contributed by atoms with van der Waals surface area (Å²) in [6.45, 7) is 1.07. The van der Waals surface area contributed by atoms with Crippen LogP contribution in [0.5, 0.6) is 5.75 Å². The van der Waals surface area contributed by atoms with E-state index < -0.39 is 12.6 Å². The summed E-state index contributed by atoms with van der Waals surface area (Å²) >= 11 is 0. The predicted molar refractivity (Wildman–Crippen MR) is 97.9 cm³/mol. The van der Waals surface area contributed by atoms with Crippen LogP contribution in [-0.4, -0.2) is 42.7 Å². The molecular weight excluding hydrogens is 350 g/mol. The first-order chi connectivity index (χ1) is 13.0. The van der Waals surface area contributed by atoms with Gasteiger partial charge in [-0.05, 0) is 42.0 Å². The van der Waals surface area contributed by atoms with Crippen LogP contribution in [0, 0.1) is 0 Å². The number of carboxylic acids is 1. The Balaban J connectivity index is 1.57. The second-order valence-corrected chi connectivity index (χ2v) is 5.94. The fraction of sp³-hybridized carbons (Fsp3) is 0.211. The van der Waals surface area contributed by atoms with Crippen LogP contribution in [0.4, 0.5) is 10.5 Å². The molecule has 1 fully saturated rings. The number of hydrogen-bond acceptors (Lipinski definition) is 4. The molecule has 3 rings (SSSR count). The van der Waals surface area contributed by atoms with Gasteiger partial charge in [0.25, 0.3) is 5.91 Å². The number of amides is 3. The van der Waals surface area contributed by atoms with Gasteiger partial charge in [0.15, 0.2) is 6.61 Å². The Morgan fingerprint density at radius 1 is 1.19 bits per heavy atom. The molecule has 0 saturated carbocycles. The maximum absolute atomic E-state index is 12.3. The first-order valence-corrected chi connectivity index (χ1v) is 8.40. The monoisotopic (exact) mass is 369 g/mol. The molecule has 27 heavy (non-hydrogen) atoms. The first-order valence-electron chi connectivity index (χ1n) is 8.40. The predicted octanol–water partition coefficient (Wildman–Crippen LogP) is 1.61. The number of anilines is 1. The van der Waals surface area contributed by atoms with Crippen LogP contribution in [0.2, 0.25) is 0 Å². The number of carbonyl (C=O) groups is 3. The molecule has 0 aliphatic carbocycles. The zero-order valence-electron chi connectivity index (χ0n) is 14.5. The van der Waals surface area contributed by atoms with E-state index in [9.17, 15) is 14.4 Å². The fourth-order valence-electron chi connectivity index (χ4n) is 2.69. The number of aliphatic carboxylic acids is 1. The van der Waals surface area contributed by atoms with Crippen LogP contribution in [-0.2, 0) is 11.3 Å². The third kappa shape index (κ3) is 4.75. The molecule has 8 heteroatoms. The highest BCUT2D eigenvalue weighted by Gasteiger charge is 2.21. The Labute approximate surface area is 155 Å².